The van der Waals surface area contributed by atoms with Crippen LogP contribution in [0.3, 0.4) is 0 Å². The Morgan fingerprint density at radius 2 is 2.36 bits per heavy atom. The number of hydrogen-bond acceptors (Lipinski definition) is 4. The maximum Gasteiger partial charge on any atom is 0.344 e. The van der Waals surface area contributed by atoms with Gasteiger partial charge in [-0.1, -0.05) is 0 Å². The summed E-state index contributed by atoms with van der Waals surface area (Å²) in [6, 6.07) is 0. The van der Waals surface area contributed by atoms with Gasteiger partial charge in [-0.15, -0.1) is 0 Å². The van der Waals surface area contributed by atoms with Crippen molar-refractivity contribution in [2.24, 2.45) is 11.5 Å². The second-order valence-electron chi connectivity index (χ2n) is 2.14. The Labute approximate surface area is 62.2 Å². The largest absolute Gasteiger partial charge is 0.479 e. The molecule has 1 aromatic rings. The van der Waals surface area contributed by atoms with Crippen LogP contribution < -0.4 is 11.5 Å². The topological polar surface area (TPSA) is 118 Å². The second kappa shape index (κ2) is 2.33. The van der Waals surface area contributed by atoms with E-state index in [9.17, 15) is 4.79 Å². The van der Waals surface area contributed by atoms with E-state index in [1.54, 1.807) is 0 Å². The van der Waals surface area contributed by atoms with E-state index in [0.29, 0.717) is 0 Å². The van der Waals surface area contributed by atoms with Crippen LogP contribution in [0.5, 0.6) is 0 Å². The van der Waals surface area contributed by atoms with E-state index in [1.165, 1.54) is 12.5 Å². The molecular formula is C5H8N4O2. The van der Waals surface area contributed by atoms with Crippen molar-refractivity contribution < 1.29 is 9.90 Å². The summed E-state index contributed by atoms with van der Waals surface area (Å²) in [5.41, 5.74) is 8.76. The van der Waals surface area contributed by atoms with Crippen LogP contribution in [0.25, 0.3) is 0 Å². The Morgan fingerprint density at radius 3 is 2.73 bits per heavy atom. The summed E-state index contributed by atoms with van der Waals surface area (Å²) in [5, 5.41) is 8.52. The van der Waals surface area contributed by atoms with Crippen LogP contribution in [0.1, 0.15) is 5.69 Å². The monoisotopic (exact) mass is 156 g/mol. The lowest BCUT2D eigenvalue weighted by molar-refractivity contribution is -0.143. The molecule has 0 saturated carbocycles. The number of aliphatic carboxylic acids is 1. The third-order valence-electron chi connectivity index (χ3n) is 1.30. The number of rotatable bonds is 2. The van der Waals surface area contributed by atoms with Crippen LogP contribution in [0.4, 0.5) is 0 Å². The zero-order valence-corrected chi connectivity index (χ0v) is 5.61. The van der Waals surface area contributed by atoms with Crippen LogP contribution >= 0.6 is 0 Å². The minimum atomic E-state index is -1.88. The van der Waals surface area contributed by atoms with Gasteiger partial charge < -0.3 is 10.1 Å². The van der Waals surface area contributed by atoms with Crippen molar-refractivity contribution in [2.45, 2.75) is 5.66 Å². The first-order chi connectivity index (χ1) is 5.05. The first kappa shape index (κ1) is 7.70. The molecule has 11 heavy (non-hydrogen) atoms. The standard InChI is InChI=1S/C5H8N4O2/c6-5(7,4(10)11)3-1-8-2-9-3/h1-2H,6-7H2,(H,8,9)(H,10,11). The predicted molar refractivity (Wildman–Crippen MR) is 36.3 cm³/mol. The Hall–Kier alpha value is -1.40. The Balaban J connectivity index is 3.00. The molecule has 6 N–H and O–H groups in total. The number of carbonyl (C=O) groups is 1. The van der Waals surface area contributed by atoms with E-state index in [2.05, 4.69) is 9.97 Å². The number of carboxylic acid groups (broad SMARTS) is 1. The zero-order valence-electron chi connectivity index (χ0n) is 5.61. The Bertz CT molecular complexity index is 253. The summed E-state index contributed by atoms with van der Waals surface area (Å²) < 4.78 is 0. The van der Waals surface area contributed by atoms with Gasteiger partial charge in [0.25, 0.3) is 0 Å². The molecule has 0 aliphatic heterocycles. The lowest BCUT2D eigenvalue weighted by Crippen LogP contribution is -2.53. The summed E-state index contributed by atoms with van der Waals surface area (Å²) in [6.45, 7) is 0. The highest BCUT2D eigenvalue weighted by atomic mass is 16.4. The van der Waals surface area contributed by atoms with Crippen molar-refractivity contribution in [3.8, 4) is 0 Å². The molecule has 0 bridgehead atoms. The molecule has 0 aliphatic carbocycles. The average molecular weight is 156 g/mol. The van der Waals surface area contributed by atoms with Gasteiger partial charge >= 0.3 is 5.97 Å². The molecule has 1 heterocycles. The van der Waals surface area contributed by atoms with Crippen LogP contribution in [0.2, 0.25) is 0 Å². The number of nitrogens with two attached hydrogens (primary N) is 2. The van der Waals surface area contributed by atoms with Crippen LogP contribution in [0.15, 0.2) is 12.5 Å². The molecule has 6 nitrogen and oxygen atoms in total. The minimum absolute atomic E-state index is 0.171. The van der Waals surface area contributed by atoms with E-state index in [1.807, 2.05) is 0 Å². The minimum Gasteiger partial charge on any atom is -0.479 e. The average Bonchev–Trinajstić information content (AvgIpc) is 2.37. The molecule has 1 rings (SSSR count). The van der Waals surface area contributed by atoms with E-state index in [4.69, 9.17) is 16.6 Å². The number of nitrogens with zero attached hydrogens (tertiary/aromatic N) is 1. The van der Waals surface area contributed by atoms with Gasteiger partial charge in [0.1, 0.15) is 0 Å². The summed E-state index contributed by atoms with van der Waals surface area (Å²) in [6.07, 6.45) is 2.58. The second-order valence-corrected chi connectivity index (χ2v) is 2.14. The molecule has 0 amide bonds. The van der Waals surface area contributed by atoms with Crippen molar-refractivity contribution >= 4 is 5.97 Å². The molecule has 0 spiro atoms. The highest BCUT2D eigenvalue weighted by Crippen LogP contribution is 2.06. The van der Waals surface area contributed by atoms with Gasteiger partial charge in [-0.3, -0.25) is 11.5 Å². The van der Waals surface area contributed by atoms with Crippen molar-refractivity contribution in [3.63, 3.8) is 0 Å². The highest BCUT2D eigenvalue weighted by Gasteiger charge is 2.32. The number of imidazole rings is 1. The molecule has 0 fully saturated rings. The van der Waals surface area contributed by atoms with E-state index >= 15 is 0 Å². The fourth-order valence-corrected chi connectivity index (χ4v) is 0.597. The van der Waals surface area contributed by atoms with Gasteiger partial charge in [-0.2, -0.15) is 0 Å². The van der Waals surface area contributed by atoms with Crippen molar-refractivity contribution in [1.82, 2.24) is 9.97 Å². The third kappa shape index (κ3) is 1.21. The van der Waals surface area contributed by atoms with Gasteiger partial charge in [-0.05, 0) is 0 Å². The Kier molecular flexibility index (Phi) is 1.63. The van der Waals surface area contributed by atoms with Crippen LogP contribution in [0, 0.1) is 0 Å². The molecule has 60 valence electrons. The van der Waals surface area contributed by atoms with Gasteiger partial charge in [-0.25, -0.2) is 9.78 Å². The van der Waals surface area contributed by atoms with Gasteiger partial charge in [0, 0.05) is 0 Å². The predicted octanol–water partition coefficient (Wildman–Crippen LogP) is -1.44. The summed E-state index contributed by atoms with van der Waals surface area (Å²) in [5.74, 6) is -1.30. The molecule has 6 heteroatoms. The number of aromatic amines is 1. The van der Waals surface area contributed by atoms with Crippen molar-refractivity contribution in [3.05, 3.63) is 18.2 Å². The number of aromatic nitrogens is 2. The zero-order chi connectivity index (χ0) is 8.48. The summed E-state index contributed by atoms with van der Waals surface area (Å²) in [4.78, 5) is 16.5. The van der Waals surface area contributed by atoms with Gasteiger partial charge in [0.15, 0.2) is 0 Å². The lowest BCUT2D eigenvalue weighted by atomic mass is 10.1. The molecule has 1 aromatic heterocycles. The maximum atomic E-state index is 10.4. The molecular weight excluding hydrogens is 148 g/mol. The molecule has 0 aliphatic rings. The van der Waals surface area contributed by atoms with Crippen molar-refractivity contribution in [1.29, 1.82) is 0 Å². The molecule has 0 atom stereocenters. The molecule has 0 unspecified atom stereocenters. The lowest BCUT2D eigenvalue weighted by Gasteiger charge is -2.15. The molecule has 0 radical (unpaired) electrons. The van der Waals surface area contributed by atoms with Crippen molar-refractivity contribution in [2.75, 3.05) is 0 Å². The SMILES string of the molecule is NC(N)(C(=O)O)c1cnc[nH]1. The summed E-state index contributed by atoms with van der Waals surface area (Å²) >= 11 is 0. The smallest absolute Gasteiger partial charge is 0.344 e. The van der Waals surface area contributed by atoms with E-state index < -0.39 is 11.6 Å². The fourth-order valence-electron chi connectivity index (χ4n) is 0.597. The van der Waals surface area contributed by atoms with Crippen LogP contribution in [-0.2, 0) is 10.5 Å². The number of hydrogen-bond donors (Lipinski definition) is 4. The summed E-state index contributed by atoms with van der Waals surface area (Å²) in [7, 11) is 0. The van der Waals surface area contributed by atoms with E-state index in [-0.39, 0.29) is 5.69 Å². The normalized spacial score (nSPS) is 11.5. The van der Waals surface area contributed by atoms with Crippen LogP contribution in [-0.4, -0.2) is 21.0 Å². The number of carboxylic acids is 1. The maximum absolute atomic E-state index is 10.4. The number of H-pyrrole nitrogens is 1. The molecule has 0 saturated heterocycles. The molecule has 0 aromatic carbocycles. The fraction of sp³-hybridized carbons (Fsp3) is 0.200. The number of nitrogens with one attached hydrogen (secondary N) is 1. The first-order valence-electron chi connectivity index (χ1n) is 2.85. The highest BCUT2D eigenvalue weighted by molar-refractivity contribution is 5.78. The van der Waals surface area contributed by atoms with E-state index in [0.717, 1.165) is 0 Å². The Morgan fingerprint density at radius 1 is 1.73 bits per heavy atom. The quantitative estimate of drug-likeness (QED) is 0.391. The van der Waals surface area contributed by atoms with Gasteiger partial charge in [0.2, 0.25) is 5.66 Å². The first-order valence-corrected chi connectivity index (χ1v) is 2.85. The van der Waals surface area contributed by atoms with Gasteiger partial charge in [0.05, 0.1) is 18.2 Å². The third-order valence-corrected chi connectivity index (χ3v) is 1.30.